The number of nitrogens with zero attached hydrogens (tertiary/aromatic N) is 2. The van der Waals surface area contributed by atoms with Crippen molar-refractivity contribution in [2.24, 2.45) is 5.92 Å². The summed E-state index contributed by atoms with van der Waals surface area (Å²) in [5, 5.41) is 9.19. The molecule has 2 amide bonds. The Morgan fingerprint density at radius 2 is 1.85 bits per heavy atom. The Bertz CT molecular complexity index is 526. The summed E-state index contributed by atoms with van der Waals surface area (Å²) in [6, 6.07) is 6.54. The maximum Gasteiger partial charge on any atom is 0.337 e. The monoisotopic (exact) mass is 276 g/mol. The summed E-state index contributed by atoms with van der Waals surface area (Å²) in [5.41, 5.74) is 0.552. The normalized spacial score (nSPS) is 15.6. The van der Waals surface area contributed by atoms with E-state index in [1.54, 1.807) is 37.2 Å². The molecule has 108 valence electrons. The largest absolute Gasteiger partial charge is 0.478 e. The van der Waals surface area contributed by atoms with Gasteiger partial charge in [-0.05, 0) is 37.8 Å². The third-order valence-corrected chi connectivity index (χ3v) is 4.00. The van der Waals surface area contributed by atoms with Crippen molar-refractivity contribution in [3.63, 3.8) is 0 Å². The van der Waals surface area contributed by atoms with Gasteiger partial charge < -0.3 is 10.0 Å². The Morgan fingerprint density at radius 3 is 2.40 bits per heavy atom. The predicted molar refractivity (Wildman–Crippen MR) is 77.1 cm³/mol. The Morgan fingerprint density at radius 1 is 1.25 bits per heavy atom. The lowest BCUT2D eigenvalue weighted by atomic mass is 10.1. The molecule has 0 aromatic heterocycles. The molecule has 1 aliphatic rings. The van der Waals surface area contributed by atoms with Crippen molar-refractivity contribution >= 4 is 17.7 Å². The minimum atomic E-state index is -1.03. The van der Waals surface area contributed by atoms with E-state index in [9.17, 15) is 14.7 Å². The molecular formula is C15H20N2O3. The zero-order valence-corrected chi connectivity index (χ0v) is 12.0. The summed E-state index contributed by atoms with van der Waals surface area (Å²) in [6.45, 7) is 2.03. The van der Waals surface area contributed by atoms with E-state index in [4.69, 9.17) is 0 Å². The number of aromatic carboxylic acids is 1. The highest BCUT2D eigenvalue weighted by molar-refractivity contribution is 6.01. The molecule has 0 bridgehead atoms. The van der Waals surface area contributed by atoms with Crippen molar-refractivity contribution in [2.45, 2.75) is 25.8 Å². The second-order valence-corrected chi connectivity index (χ2v) is 5.35. The predicted octanol–water partition coefficient (Wildman–Crippen LogP) is 2.67. The topological polar surface area (TPSA) is 60.9 Å². The van der Waals surface area contributed by atoms with Crippen LogP contribution in [0.1, 0.15) is 30.1 Å². The zero-order chi connectivity index (χ0) is 14.9. The van der Waals surface area contributed by atoms with Crippen LogP contribution in [0.15, 0.2) is 24.3 Å². The van der Waals surface area contributed by atoms with E-state index in [1.807, 2.05) is 6.92 Å². The fraction of sp³-hybridized carbons (Fsp3) is 0.467. The van der Waals surface area contributed by atoms with Crippen molar-refractivity contribution < 1.29 is 14.7 Å². The van der Waals surface area contributed by atoms with Gasteiger partial charge in [-0.25, -0.2) is 9.59 Å². The van der Waals surface area contributed by atoms with Crippen molar-refractivity contribution in [2.75, 3.05) is 19.0 Å². The van der Waals surface area contributed by atoms with Gasteiger partial charge in [0.2, 0.25) is 0 Å². The molecule has 2 rings (SSSR count). The summed E-state index contributed by atoms with van der Waals surface area (Å²) in [6.07, 6.45) is 2.32. The fourth-order valence-electron chi connectivity index (χ4n) is 2.36. The van der Waals surface area contributed by atoms with Gasteiger partial charge in [0, 0.05) is 20.1 Å². The standard InChI is InChI=1S/C15H20N2O3/c1-10(11-8-9-11)16(2)15(20)17(3)13-7-5-4-6-12(13)14(18)19/h4-7,10-11H,8-9H2,1-3H3,(H,18,19). The van der Waals surface area contributed by atoms with Crippen LogP contribution in [0.2, 0.25) is 0 Å². The first-order valence-electron chi connectivity index (χ1n) is 6.76. The molecule has 1 fully saturated rings. The first-order valence-corrected chi connectivity index (χ1v) is 6.76. The number of urea groups is 1. The van der Waals surface area contributed by atoms with Crippen molar-refractivity contribution in [1.82, 2.24) is 4.90 Å². The second-order valence-electron chi connectivity index (χ2n) is 5.35. The molecule has 1 aromatic carbocycles. The highest BCUT2D eigenvalue weighted by Crippen LogP contribution is 2.35. The van der Waals surface area contributed by atoms with Crippen LogP contribution in [0.25, 0.3) is 0 Å². The number of carboxylic acid groups (broad SMARTS) is 1. The van der Waals surface area contributed by atoms with Crippen LogP contribution in [-0.2, 0) is 0 Å². The molecule has 0 aliphatic heterocycles. The van der Waals surface area contributed by atoms with Gasteiger partial charge in [0.05, 0.1) is 11.3 Å². The van der Waals surface area contributed by atoms with Crippen LogP contribution in [0.5, 0.6) is 0 Å². The van der Waals surface area contributed by atoms with Crippen LogP contribution in [0, 0.1) is 5.92 Å². The Labute approximate surface area is 118 Å². The van der Waals surface area contributed by atoms with Crippen molar-refractivity contribution in [1.29, 1.82) is 0 Å². The fourth-order valence-corrected chi connectivity index (χ4v) is 2.36. The van der Waals surface area contributed by atoms with E-state index >= 15 is 0 Å². The van der Waals surface area contributed by atoms with Gasteiger partial charge in [0.1, 0.15) is 0 Å². The average Bonchev–Trinajstić information content (AvgIpc) is 3.28. The molecule has 1 N–H and O–H groups in total. The SMILES string of the molecule is CC(C1CC1)N(C)C(=O)N(C)c1ccccc1C(=O)O. The van der Waals surface area contributed by atoms with Gasteiger partial charge in [-0.1, -0.05) is 12.1 Å². The maximum atomic E-state index is 12.5. The van der Waals surface area contributed by atoms with Crippen molar-refractivity contribution in [3.05, 3.63) is 29.8 Å². The van der Waals surface area contributed by atoms with E-state index in [1.165, 1.54) is 11.0 Å². The second kappa shape index (κ2) is 5.53. The molecule has 1 unspecified atom stereocenters. The molecule has 5 heteroatoms. The molecule has 1 saturated carbocycles. The quantitative estimate of drug-likeness (QED) is 0.919. The zero-order valence-electron chi connectivity index (χ0n) is 12.0. The number of anilines is 1. The van der Waals surface area contributed by atoms with Crippen molar-refractivity contribution in [3.8, 4) is 0 Å². The molecule has 0 saturated heterocycles. The lowest BCUT2D eigenvalue weighted by molar-refractivity contribution is 0.0697. The van der Waals surface area contributed by atoms with E-state index in [2.05, 4.69) is 0 Å². The number of amides is 2. The van der Waals surface area contributed by atoms with Crippen LogP contribution in [-0.4, -0.2) is 42.1 Å². The van der Waals surface area contributed by atoms with Gasteiger partial charge in [-0.2, -0.15) is 0 Å². The number of carbonyl (C=O) groups is 2. The summed E-state index contributed by atoms with van der Waals surface area (Å²) >= 11 is 0. The summed E-state index contributed by atoms with van der Waals surface area (Å²) < 4.78 is 0. The number of rotatable bonds is 4. The number of hydrogen-bond donors (Lipinski definition) is 1. The number of carbonyl (C=O) groups excluding carboxylic acids is 1. The minimum Gasteiger partial charge on any atom is -0.478 e. The van der Waals surface area contributed by atoms with E-state index in [-0.39, 0.29) is 17.6 Å². The third-order valence-electron chi connectivity index (χ3n) is 4.00. The van der Waals surface area contributed by atoms with Gasteiger partial charge >= 0.3 is 12.0 Å². The molecule has 0 radical (unpaired) electrons. The number of hydrogen-bond acceptors (Lipinski definition) is 2. The molecule has 0 spiro atoms. The van der Waals surface area contributed by atoms with Crippen LogP contribution in [0.4, 0.5) is 10.5 Å². The van der Waals surface area contributed by atoms with Crippen LogP contribution in [0.3, 0.4) is 0 Å². The number of benzene rings is 1. The molecule has 5 nitrogen and oxygen atoms in total. The summed E-state index contributed by atoms with van der Waals surface area (Å²) in [5.74, 6) is -0.454. The third kappa shape index (κ3) is 2.76. The Kier molecular flexibility index (Phi) is 3.97. The van der Waals surface area contributed by atoms with Gasteiger partial charge in [-0.3, -0.25) is 4.90 Å². The van der Waals surface area contributed by atoms with E-state index in [0.29, 0.717) is 11.6 Å². The van der Waals surface area contributed by atoms with Crippen LogP contribution < -0.4 is 4.90 Å². The molecule has 20 heavy (non-hydrogen) atoms. The summed E-state index contributed by atoms with van der Waals surface area (Å²) in [7, 11) is 3.38. The molecule has 1 atom stereocenters. The minimum absolute atomic E-state index is 0.135. The Balaban J connectivity index is 2.20. The number of carboxylic acids is 1. The first kappa shape index (κ1) is 14.4. The van der Waals surface area contributed by atoms with E-state index in [0.717, 1.165) is 12.8 Å². The lowest BCUT2D eigenvalue weighted by Gasteiger charge is -2.30. The van der Waals surface area contributed by atoms with Crippen LogP contribution >= 0.6 is 0 Å². The molecular weight excluding hydrogens is 256 g/mol. The molecule has 1 aromatic rings. The first-order chi connectivity index (χ1) is 9.43. The Hall–Kier alpha value is -2.04. The number of para-hydroxylation sites is 1. The lowest BCUT2D eigenvalue weighted by Crippen LogP contribution is -2.44. The summed E-state index contributed by atoms with van der Waals surface area (Å²) in [4.78, 5) is 26.8. The smallest absolute Gasteiger partial charge is 0.337 e. The van der Waals surface area contributed by atoms with Gasteiger partial charge in [0.15, 0.2) is 0 Å². The average molecular weight is 276 g/mol. The van der Waals surface area contributed by atoms with Gasteiger partial charge in [0.25, 0.3) is 0 Å². The maximum absolute atomic E-state index is 12.5. The highest BCUT2D eigenvalue weighted by Gasteiger charge is 2.34. The van der Waals surface area contributed by atoms with Gasteiger partial charge in [-0.15, -0.1) is 0 Å². The molecule has 0 heterocycles. The van der Waals surface area contributed by atoms with E-state index < -0.39 is 5.97 Å². The highest BCUT2D eigenvalue weighted by atomic mass is 16.4. The molecule has 1 aliphatic carbocycles.